The first-order valence-corrected chi connectivity index (χ1v) is 7.99. The van der Waals surface area contributed by atoms with E-state index in [1.807, 2.05) is 42.5 Å². The molecular weight excluding hydrogens is 318 g/mol. The van der Waals surface area contributed by atoms with Gasteiger partial charge in [0.2, 0.25) is 0 Å². The first-order valence-electron chi connectivity index (χ1n) is 7.99. The van der Waals surface area contributed by atoms with Gasteiger partial charge in [-0.1, -0.05) is 23.4 Å². The molecule has 0 radical (unpaired) electrons. The van der Waals surface area contributed by atoms with Gasteiger partial charge in [-0.3, -0.25) is 9.78 Å². The summed E-state index contributed by atoms with van der Waals surface area (Å²) in [6, 6.07) is 15.1. The van der Waals surface area contributed by atoms with Crippen LogP contribution in [0.15, 0.2) is 65.5 Å². The minimum atomic E-state index is -0.173. The van der Waals surface area contributed by atoms with Crippen molar-refractivity contribution in [3.63, 3.8) is 0 Å². The van der Waals surface area contributed by atoms with E-state index in [1.165, 1.54) is 6.26 Å². The first-order chi connectivity index (χ1) is 12.3. The van der Waals surface area contributed by atoms with Crippen LogP contribution in [0.25, 0.3) is 0 Å². The van der Waals surface area contributed by atoms with E-state index in [0.29, 0.717) is 18.8 Å². The number of pyridine rings is 1. The van der Waals surface area contributed by atoms with E-state index in [1.54, 1.807) is 24.3 Å². The van der Waals surface area contributed by atoms with Gasteiger partial charge in [-0.15, -0.1) is 0 Å². The molecular formula is C19H19N3O3. The first kappa shape index (κ1) is 16.7. The monoisotopic (exact) mass is 337 g/mol. The van der Waals surface area contributed by atoms with E-state index < -0.39 is 0 Å². The Morgan fingerprint density at radius 1 is 1.16 bits per heavy atom. The summed E-state index contributed by atoms with van der Waals surface area (Å²) in [5.74, 6) is 0.640. The number of hydrogen-bond acceptors (Lipinski definition) is 5. The molecule has 2 aromatic heterocycles. The molecule has 0 N–H and O–H groups in total. The summed E-state index contributed by atoms with van der Waals surface area (Å²) in [6.07, 6.45) is 3.84. The van der Waals surface area contributed by atoms with Crippen LogP contribution in [0.3, 0.4) is 0 Å². The molecule has 3 rings (SSSR count). The zero-order valence-electron chi connectivity index (χ0n) is 14.0. The third kappa shape index (κ3) is 4.44. The Hall–Kier alpha value is -3.15. The van der Waals surface area contributed by atoms with Crippen molar-refractivity contribution in [1.29, 1.82) is 0 Å². The second-order valence-corrected chi connectivity index (χ2v) is 5.53. The number of carbonyl (C=O) groups excluding carboxylic acids is 1. The normalized spacial score (nSPS) is 10.4. The topological polar surface area (TPSA) is 68.5 Å². The van der Waals surface area contributed by atoms with E-state index in [9.17, 15) is 4.79 Å². The Bertz CT molecular complexity index is 787. The van der Waals surface area contributed by atoms with Crippen molar-refractivity contribution < 1.29 is 14.1 Å². The van der Waals surface area contributed by atoms with Crippen molar-refractivity contribution in [2.24, 2.45) is 0 Å². The zero-order chi connectivity index (χ0) is 17.5. The fourth-order valence-corrected chi connectivity index (χ4v) is 2.48. The Balaban J connectivity index is 1.72. The quantitative estimate of drug-likeness (QED) is 0.663. The molecule has 0 saturated heterocycles. The molecule has 25 heavy (non-hydrogen) atoms. The molecule has 0 fully saturated rings. The summed E-state index contributed by atoms with van der Waals surface area (Å²) in [5.41, 5.74) is 2.25. The molecule has 6 heteroatoms. The fraction of sp³-hybridized carbons (Fsp3) is 0.211. The van der Waals surface area contributed by atoms with Crippen LogP contribution >= 0.6 is 0 Å². The number of rotatable bonds is 7. The van der Waals surface area contributed by atoms with E-state index in [4.69, 9.17) is 9.26 Å². The third-order valence-electron chi connectivity index (χ3n) is 3.85. The Kier molecular flexibility index (Phi) is 5.41. The molecule has 1 aromatic carbocycles. The van der Waals surface area contributed by atoms with Crippen molar-refractivity contribution in [1.82, 2.24) is 15.0 Å². The maximum absolute atomic E-state index is 12.7. The van der Waals surface area contributed by atoms with Crippen LogP contribution in [0.1, 0.15) is 21.7 Å². The average Bonchev–Trinajstić information content (AvgIpc) is 3.20. The molecule has 0 bridgehead atoms. The maximum Gasteiger partial charge on any atom is 0.276 e. The molecule has 0 aliphatic carbocycles. The van der Waals surface area contributed by atoms with Crippen molar-refractivity contribution >= 4 is 5.91 Å². The van der Waals surface area contributed by atoms with Crippen LogP contribution in [0.2, 0.25) is 0 Å². The SMILES string of the molecule is COc1ccc(CCN(Cc2ccccn2)C(=O)c2ccon2)cc1. The van der Waals surface area contributed by atoms with Crippen molar-refractivity contribution in [3.8, 4) is 5.75 Å². The molecule has 0 saturated carbocycles. The molecule has 1 amide bonds. The summed E-state index contributed by atoms with van der Waals surface area (Å²) in [4.78, 5) is 18.7. The van der Waals surface area contributed by atoms with E-state index in [2.05, 4.69) is 10.1 Å². The lowest BCUT2D eigenvalue weighted by atomic mass is 10.1. The fourth-order valence-electron chi connectivity index (χ4n) is 2.48. The minimum Gasteiger partial charge on any atom is -0.497 e. The highest BCUT2D eigenvalue weighted by molar-refractivity contribution is 5.92. The molecule has 0 unspecified atom stereocenters. The molecule has 0 aliphatic rings. The summed E-state index contributed by atoms with van der Waals surface area (Å²) >= 11 is 0. The number of methoxy groups -OCH3 is 1. The smallest absolute Gasteiger partial charge is 0.276 e. The highest BCUT2D eigenvalue weighted by Crippen LogP contribution is 2.14. The van der Waals surface area contributed by atoms with Gasteiger partial charge in [0.15, 0.2) is 5.69 Å². The molecule has 2 heterocycles. The number of ether oxygens (including phenoxy) is 1. The van der Waals surface area contributed by atoms with Crippen molar-refractivity contribution in [2.75, 3.05) is 13.7 Å². The number of nitrogens with zero attached hydrogens (tertiary/aromatic N) is 3. The summed E-state index contributed by atoms with van der Waals surface area (Å²) in [5, 5.41) is 3.75. The summed E-state index contributed by atoms with van der Waals surface area (Å²) < 4.78 is 9.97. The lowest BCUT2D eigenvalue weighted by molar-refractivity contribution is 0.0732. The van der Waals surface area contributed by atoms with Gasteiger partial charge in [0, 0.05) is 18.8 Å². The van der Waals surface area contributed by atoms with Gasteiger partial charge in [0.1, 0.15) is 12.0 Å². The minimum absolute atomic E-state index is 0.173. The van der Waals surface area contributed by atoms with E-state index in [-0.39, 0.29) is 5.91 Å². The predicted molar refractivity (Wildman–Crippen MR) is 92.2 cm³/mol. The Morgan fingerprint density at radius 3 is 2.64 bits per heavy atom. The van der Waals surface area contributed by atoms with Crippen molar-refractivity contribution in [3.05, 3.63) is 77.9 Å². The Labute approximate surface area is 146 Å². The lowest BCUT2D eigenvalue weighted by Gasteiger charge is -2.21. The van der Waals surface area contributed by atoms with Gasteiger partial charge < -0.3 is 14.2 Å². The zero-order valence-corrected chi connectivity index (χ0v) is 14.0. The average molecular weight is 337 g/mol. The number of aromatic nitrogens is 2. The highest BCUT2D eigenvalue weighted by Gasteiger charge is 2.19. The standard InChI is InChI=1S/C19H19N3O3/c1-24-17-7-5-15(6-8-17)9-12-22(14-16-4-2-3-11-20-16)19(23)18-10-13-25-21-18/h2-8,10-11,13H,9,12,14H2,1H3. The van der Waals surface area contributed by atoms with Crippen LogP contribution in [-0.2, 0) is 13.0 Å². The second kappa shape index (κ2) is 8.10. The second-order valence-electron chi connectivity index (χ2n) is 5.53. The molecule has 0 spiro atoms. The van der Waals surface area contributed by atoms with Gasteiger partial charge in [-0.2, -0.15) is 0 Å². The number of benzene rings is 1. The highest BCUT2D eigenvalue weighted by atomic mass is 16.5. The van der Waals surface area contributed by atoms with Crippen LogP contribution in [0.5, 0.6) is 5.75 Å². The van der Waals surface area contributed by atoms with Crippen molar-refractivity contribution in [2.45, 2.75) is 13.0 Å². The predicted octanol–water partition coefficient (Wildman–Crippen LogP) is 2.96. The number of amides is 1. The van der Waals surface area contributed by atoms with Crippen LogP contribution in [0, 0.1) is 0 Å². The van der Waals surface area contributed by atoms with Gasteiger partial charge in [-0.25, -0.2) is 0 Å². The van der Waals surface area contributed by atoms with Gasteiger partial charge in [0.05, 0.1) is 19.3 Å². The number of carbonyl (C=O) groups is 1. The lowest BCUT2D eigenvalue weighted by Crippen LogP contribution is -2.33. The maximum atomic E-state index is 12.7. The molecule has 0 atom stereocenters. The van der Waals surface area contributed by atoms with Gasteiger partial charge in [0.25, 0.3) is 5.91 Å². The van der Waals surface area contributed by atoms with Gasteiger partial charge in [-0.05, 0) is 36.2 Å². The van der Waals surface area contributed by atoms with Crippen LogP contribution < -0.4 is 4.74 Å². The van der Waals surface area contributed by atoms with E-state index >= 15 is 0 Å². The van der Waals surface area contributed by atoms with Crippen LogP contribution in [0.4, 0.5) is 0 Å². The Morgan fingerprint density at radius 2 is 2.00 bits per heavy atom. The van der Waals surface area contributed by atoms with Gasteiger partial charge >= 0.3 is 0 Å². The molecule has 6 nitrogen and oxygen atoms in total. The summed E-state index contributed by atoms with van der Waals surface area (Å²) in [6.45, 7) is 0.970. The third-order valence-corrected chi connectivity index (χ3v) is 3.85. The number of hydrogen-bond donors (Lipinski definition) is 0. The molecule has 128 valence electrons. The van der Waals surface area contributed by atoms with E-state index in [0.717, 1.165) is 23.4 Å². The largest absolute Gasteiger partial charge is 0.497 e. The molecule has 3 aromatic rings. The molecule has 0 aliphatic heterocycles. The van der Waals surface area contributed by atoms with Crippen LogP contribution in [-0.4, -0.2) is 34.6 Å². The summed E-state index contributed by atoms with van der Waals surface area (Å²) in [7, 11) is 1.64.